The minimum absolute atomic E-state index is 0.507. The molecule has 1 rings (SSSR count). The molecule has 0 aliphatic heterocycles. The number of aromatic nitrogens is 2. The molecule has 0 aliphatic rings. The second-order valence-corrected chi connectivity index (χ2v) is 4.78. The molecule has 3 heteroatoms. The lowest BCUT2D eigenvalue weighted by Gasteiger charge is -2.22. The molecule has 0 saturated carbocycles. The third kappa shape index (κ3) is 4.04. The molecule has 1 aromatic rings. The van der Waals surface area contributed by atoms with Gasteiger partial charge >= 0.3 is 0 Å². The van der Waals surface area contributed by atoms with E-state index < -0.39 is 0 Å². The normalized spacial score (nSPS) is 15.5. The van der Waals surface area contributed by atoms with E-state index in [-0.39, 0.29) is 0 Å². The molecule has 0 radical (unpaired) electrons. The van der Waals surface area contributed by atoms with Gasteiger partial charge in [-0.15, -0.1) is 0 Å². The lowest BCUT2D eigenvalue weighted by atomic mass is 10.0. The van der Waals surface area contributed by atoms with E-state index in [1.165, 1.54) is 0 Å². The van der Waals surface area contributed by atoms with Gasteiger partial charge in [-0.05, 0) is 31.8 Å². The van der Waals surface area contributed by atoms with E-state index in [1.807, 2.05) is 18.7 Å². The first-order chi connectivity index (χ1) is 7.11. The van der Waals surface area contributed by atoms with E-state index >= 15 is 0 Å². The molecular weight excluding hydrogens is 186 g/mol. The number of nitrogens with one attached hydrogen (secondary N) is 1. The second kappa shape index (κ2) is 5.91. The third-order valence-corrected chi connectivity index (χ3v) is 2.84. The van der Waals surface area contributed by atoms with Crippen LogP contribution < -0.4 is 5.32 Å². The van der Waals surface area contributed by atoms with Crippen LogP contribution in [0.1, 0.15) is 33.7 Å². The summed E-state index contributed by atoms with van der Waals surface area (Å²) in [6.45, 7) is 11.1. The highest BCUT2D eigenvalue weighted by Gasteiger charge is 2.12. The van der Waals surface area contributed by atoms with Crippen molar-refractivity contribution in [3.8, 4) is 0 Å². The minimum Gasteiger partial charge on any atom is -0.334 e. The molecule has 1 N–H and O–H groups in total. The average Bonchev–Trinajstić information content (AvgIpc) is 2.68. The third-order valence-electron chi connectivity index (χ3n) is 2.84. The summed E-state index contributed by atoms with van der Waals surface area (Å²) in [5.74, 6) is 1.35. The van der Waals surface area contributed by atoms with Crippen molar-refractivity contribution in [1.82, 2.24) is 14.9 Å². The topological polar surface area (TPSA) is 29.9 Å². The van der Waals surface area contributed by atoms with Gasteiger partial charge in [0.2, 0.25) is 0 Å². The molecule has 2 atom stereocenters. The number of hydrogen-bond acceptors (Lipinski definition) is 2. The number of rotatable bonds is 6. The Hall–Kier alpha value is -0.830. The van der Waals surface area contributed by atoms with Crippen molar-refractivity contribution in [2.45, 2.75) is 33.7 Å². The largest absolute Gasteiger partial charge is 0.334 e. The molecule has 0 spiro atoms. The number of imidazole rings is 1. The van der Waals surface area contributed by atoms with Crippen molar-refractivity contribution >= 4 is 0 Å². The van der Waals surface area contributed by atoms with E-state index in [9.17, 15) is 0 Å². The lowest BCUT2D eigenvalue weighted by Crippen LogP contribution is -2.29. The molecule has 1 aromatic heterocycles. The second-order valence-electron chi connectivity index (χ2n) is 4.78. The van der Waals surface area contributed by atoms with Gasteiger partial charge in [0.1, 0.15) is 0 Å². The fraction of sp³-hybridized carbons (Fsp3) is 0.750. The van der Waals surface area contributed by atoms with Gasteiger partial charge in [0.25, 0.3) is 0 Å². The standard InChI is InChI=1S/C12H23N3/c1-10(2)7-14-8-11(3)12(4)15-6-5-13-9-15/h5-6,9-12,14H,7-8H2,1-4H3. The lowest BCUT2D eigenvalue weighted by molar-refractivity contribution is 0.354. The first-order valence-corrected chi connectivity index (χ1v) is 5.79. The molecule has 86 valence electrons. The predicted molar refractivity (Wildman–Crippen MR) is 63.8 cm³/mol. The Morgan fingerprint density at radius 2 is 1.93 bits per heavy atom. The Bertz CT molecular complexity index is 254. The first kappa shape index (κ1) is 12.2. The van der Waals surface area contributed by atoms with Crippen LogP contribution in [0.3, 0.4) is 0 Å². The number of nitrogens with zero attached hydrogens (tertiary/aromatic N) is 2. The van der Waals surface area contributed by atoms with Crippen LogP contribution in [-0.4, -0.2) is 22.6 Å². The van der Waals surface area contributed by atoms with Crippen LogP contribution in [0.25, 0.3) is 0 Å². The quantitative estimate of drug-likeness (QED) is 0.779. The van der Waals surface area contributed by atoms with Crippen LogP contribution in [0.5, 0.6) is 0 Å². The molecule has 0 fully saturated rings. The van der Waals surface area contributed by atoms with Crippen LogP contribution in [0.4, 0.5) is 0 Å². The van der Waals surface area contributed by atoms with Crippen LogP contribution in [0, 0.1) is 11.8 Å². The van der Waals surface area contributed by atoms with Crippen LogP contribution in [0.2, 0.25) is 0 Å². The summed E-state index contributed by atoms with van der Waals surface area (Å²) in [5, 5.41) is 3.49. The Balaban J connectivity index is 2.31. The molecule has 3 nitrogen and oxygen atoms in total. The molecule has 0 amide bonds. The molecule has 0 aliphatic carbocycles. The van der Waals surface area contributed by atoms with Gasteiger partial charge in [-0.2, -0.15) is 0 Å². The van der Waals surface area contributed by atoms with E-state index in [4.69, 9.17) is 0 Å². The summed E-state index contributed by atoms with van der Waals surface area (Å²) in [7, 11) is 0. The molecule has 0 saturated heterocycles. The average molecular weight is 209 g/mol. The maximum atomic E-state index is 4.08. The summed E-state index contributed by atoms with van der Waals surface area (Å²) >= 11 is 0. The fourth-order valence-corrected chi connectivity index (χ4v) is 1.57. The van der Waals surface area contributed by atoms with Crippen molar-refractivity contribution in [1.29, 1.82) is 0 Å². The Labute approximate surface area is 92.9 Å². The van der Waals surface area contributed by atoms with E-state index in [1.54, 1.807) is 0 Å². The summed E-state index contributed by atoms with van der Waals surface area (Å²) in [6, 6.07) is 0.507. The summed E-state index contributed by atoms with van der Waals surface area (Å²) in [5.41, 5.74) is 0. The van der Waals surface area contributed by atoms with Crippen molar-refractivity contribution < 1.29 is 0 Å². The van der Waals surface area contributed by atoms with E-state index in [0.29, 0.717) is 12.0 Å². The first-order valence-electron chi connectivity index (χ1n) is 5.79. The Morgan fingerprint density at radius 1 is 1.20 bits per heavy atom. The van der Waals surface area contributed by atoms with E-state index in [2.05, 4.69) is 42.6 Å². The predicted octanol–water partition coefficient (Wildman–Crippen LogP) is 2.33. The van der Waals surface area contributed by atoms with Gasteiger partial charge in [-0.3, -0.25) is 0 Å². The molecular formula is C12H23N3. The Morgan fingerprint density at radius 3 is 2.47 bits per heavy atom. The van der Waals surface area contributed by atoms with Crippen molar-refractivity contribution in [2.24, 2.45) is 11.8 Å². The van der Waals surface area contributed by atoms with Gasteiger partial charge in [0.15, 0.2) is 0 Å². The van der Waals surface area contributed by atoms with Crippen LogP contribution >= 0.6 is 0 Å². The van der Waals surface area contributed by atoms with Gasteiger partial charge < -0.3 is 9.88 Å². The highest BCUT2D eigenvalue weighted by atomic mass is 15.1. The van der Waals surface area contributed by atoms with Crippen molar-refractivity contribution in [3.63, 3.8) is 0 Å². The molecule has 1 heterocycles. The van der Waals surface area contributed by atoms with Crippen LogP contribution in [0.15, 0.2) is 18.7 Å². The smallest absolute Gasteiger partial charge is 0.0948 e. The number of hydrogen-bond donors (Lipinski definition) is 1. The fourth-order valence-electron chi connectivity index (χ4n) is 1.57. The highest BCUT2D eigenvalue weighted by Crippen LogP contribution is 2.15. The zero-order chi connectivity index (χ0) is 11.3. The summed E-state index contributed by atoms with van der Waals surface area (Å²) in [6.07, 6.45) is 5.76. The summed E-state index contributed by atoms with van der Waals surface area (Å²) < 4.78 is 2.17. The monoisotopic (exact) mass is 209 g/mol. The maximum Gasteiger partial charge on any atom is 0.0948 e. The minimum atomic E-state index is 0.507. The van der Waals surface area contributed by atoms with Crippen LogP contribution in [-0.2, 0) is 0 Å². The maximum absolute atomic E-state index is 4.08. The Kier molecular flexibility index (Phi) is 4.82. The van der Waals surface area contributed by atoms with E-state index in [0.717, 1.165) is 19.0 Å². The zero-order valence-corrected chi connectivity index (χ0v) is 10.3. The molecule has 0 bridgehead atoms. The highest BCUT2D eigenvalue weighted by molar-refractivity contribution is 4.81. The van der Waals surface area contributed by atoms with Crippen molar-refractivity contribution in [2.75, 3.05) is 13.1 Å². The molecule has 2 unspecified atom stereocenters. The zero-order valence-electron chi connectivity index (χ0n) is 10.3. The van der Waals surface area contributed by atoms with Gasteiger partial charge in [0.05, 0.1) is 6.33 Å². The molecule has 15 heavy (non-hydrogen) atoms. The van der Waals surface area contributed by atoms with Crippen molar-refractivity contribution in [3.05, 3.63) is 18.7 Å². The SMILES string of the molecule is CC(C)CNCC(C)C(C)n1ccnc1. The van der Waals surface area contributed by atoms with Gasteiger partial charge in [-0.25, -0.2) is 4.98 Å². The van der Waals surface area contributed by atoms with Gasteiger partial charge in [0, 0.05) is 18.4 Å². The summed E-state index contributed by atoms with van der Waals surface area (Å²) in [4.78, 5) is 4.08. The molecule has 0 aromatic carbocycles. The van der Waals surface area contributed by atoms with Gasteiger partial charge in [-0.1, -0.05) is 20.8 Å².